The van der Waals surface area contributed by atoms with Gasteiger partial charge in [-0.05, 0) is 24.6 Å². The van der Waals surface area contributed by atoms with Gasteiger partial charge < -0.3 is 19.5 Å². The standard InChI is InChI=1S/C14H21NO3.ClH/c1-3-11-5-6-12(16-8-7-15-4-2)14-13(11)17-9-10-18-14;/h5-6,15H,3-4,7-10H2,1-2H3;1H. The van der Waals surface area contributed by atoms with Crippen LogP contribution in [0.2, 0.25) is 0 Å². The van der Waals surface area contributed by atoms with E-state index < -0.39 is 0 Å². The van der Waals surface area contributed by atoms with Crippen molar-refractivity contribution in [2.45, 2.75) is 20.3 Å². The molecule has 19 heavy (non-hydrogen) atoms. The summed E-state index contributed by atoms with van der Waals surface area (Å²) in [5, 5.41) is 3.22. The summed E-state index contributed by atoms with van der Waals surface area (Å²) in [4.78, 5) is 0. The minimum Gasteiger partial charge on any atom is -0.488 e. The minimum absolute atomic E-state index is 0. The van der Waals surface area contributed by atoms with Crippen molar-refractivity contribution < 1.29 is 14.2 Å². The molecule has 0 unspecified atom stereocenters. The lowest BCUT2D eigenvalue weighted by Gasteiger charge is -2.23. The van der Waals surface area contributed by atoms with E-state index in [1.54, 1.807) is 0 Å². The Morgan fingerprint density at radius 2 is 1.89 bits per heavy atom. The number of fused-ring (bicyclic) bond motifs is 1. The molecule has 0 saturated heterocycles. The molecule has 0 amide bonds. The zero-order valence-corrected chi connectivity index (χ0v) is 12.3. The summed E-state index contributed by atoms with van der Waals surface area (Å²) in [6, 6.07) is 4.02. The van der Waals surface area contributed by atoms with Crippen LogP contribution in [-0.2, 0) is 6.42 Å². The van der Waals surface area contributed by atoms with E-state index in [-0.39, 0.29) is 12.4 Å². The van der Waals surface area contributed by atoms with Gasteiger partial charge in [-0.2, -0.15) is 0 Å². The summed E-state index contributed by atoms with van der Waals surface area (Å²) in [5.74, 6) is 2.39. The van der Waals surface area contributed by atoms with Crippen molar-refractivity contribution in [1.29, 1.82) is 0 Å². The Morgan fingerprint density at radius 1 is 1.16 bits per heavy atom. The summed E-state index contributed by atoms with van der Waals surface area (Å²) < 4.78 is 17.1. The van der Waals surface area contributed by atoms with Crippen LogP contribution in [-0.4, -0.2) is 32.9 Å². The molecule has 0 fully saturated rings. The van der Waals surface area contributed by atoms with Gasteiger partial charge in [0.15, 0.2) is 11.5 Å². The fraction of sp³-hybridized carbons (Fsp3) is 0.571. The molecule has 0 spiro atoms. The summed E-state index contributed by atoms with van der Waals surface area (Å²) in [6.07, 6.45) is 0.934. The molecule has 1 aliphatic rings. The fourth-order valence-corrected chi connectivity index (χ4v) is 1.97. The molecule has 2 rings (SSSR count). The van der Waals surface area contributed by atoms with Gasteiger partial charge in [0.2, 0.25) is 5.75 Å². The first kappa shape index (κ1) is 15.9. The maximum Gasteiger partial charge on any atom is 0.203 e. The van der Waals surface area contributed by atoms with Crippen LogP contribution in [0.4, 0.5) is 0 Å². The number of likely N-dealkylation sites (N-methyl/N-ethyl adjacent to an activating group) is 1. The SMILES string of the molecule is CCNCCOc1ccc(CC)c2c1OCCO2.Cl. The molecule has 1 N–H and O–H groups in total. The normalized spacial score (nSPS) is 12.7. The molecule has 108 valence electrons. The van der Waals surface area contributed by atoms with Crippen LogP contribution in [0.5, 0.6) is 17.2 Å². The zero-order chi connectivity index (χ0) is 12.8. The van der Waals surface area contributed by atoms with Gasteiger partial charge in [0.1, 0.15) is 19.8 Å². The average molecular weight is 288 g/mol. The molecule has 1 heterocycles. The molecule has 0 bridgehead atoms. The number of halogens is 1. The van der Waals surface area contributed by atoms with Gasteiger partial charge in [-0.15, -0.1) is 12.4 Å². The Balaban J connectivity index is 0.00000180. The van der Waals surface area contributed by atoms with Crippen molar-refractivity contribution in [2.24, 2.45) is 0 Å². The van der Waals surface area contributed by atoms with Crippen LogP contribution >= 0.6 is 12.4 Å². The van der Waals surface area contributed by atoms with E-state index in [1.807, 2.05) is 6.07 Å². The Labute approximate surface area is 120 Å². The van der Waals surface area contributed by atoms with E-state index in [1.165, 1.54) is 5.56 Å². The third kappa shape index (κ3) is 3.91. The van der Waals surface area contributed by atoms with E-state index >= 15 is 0 Å². The first-order valence-corrected chi connectivity index (χ1v) is 6.61. The maximum atomic E-state index is 5.74. The highest BCUT2D eigenvalue weighted by atomic mass is 35.5. The van der Waals surface area contributed by atoms with Gasteiger partial charge in [-0.25, -0.2) is 0 Å². The van der Waals surface area contributed by atoms with Gasteiger partial charge in [0.25, 0.3) is 0 Å². The van der Waals surface area contributed by atoms with E-state index in [0.717, 1.165) is 36.8 Å². The monoisotopic (exact) mass is 287 g/mol. The Hall–Kier alpha value is -1.13. The number of ether oxygens (including phenoxy) is 3. The predicted octanol–water partition coefficient (Wildman–Crippen LogP) is 2.43. The first-order chi connectivity index (χ1) is 8.86. The topological polar surface area (TPSA) is 39.7 Å². The number of benzene rings is 1. The summed E-state index contributed by atoms with van der Waals surface area (Å²) in [7, 11) is 0. The van der Waals surface area contributed by atoms with Crippen molar-refractivity contribution in [2.75, 3.05) is 32.9 Å². The van der Waals surface area contributed by atoms with Crippen molar-refractivity contribution in [3.63, 3.8) is 0 Å². The van der Waals surface area contributed by atoms with Gasteiger partial charge in [0.05, 0.1) is 0 Å². The van der Waals surface area contributed by atoms with Gasteiger partial charge >= 0.3 is 0 Å². The van der Waals surface area contributed by atoms with E-state index in [0.29, 0.717) is 19.8 Å². The summed E-state index contributed by atoms with van der Waals surface area (Å²) >= 11 is 0. The van der Waals surface area contributed by atoms with E-state index in [4.69, 9.17) is 14.2 Å². The van der Waals surface area contributed by atoms with Crippen LogP contribution < -0.4 is 19.5 Å². The highest BCUT2D eigenvalue weighted by molar-refractivity contribution is 5.85. The third-order valence-electron chi connectivity index (χ3n) is 2.90. The molecule has 1 aromatic carbocycles. The van der Waals surface area contributed by atoms with E-state index in [9.17, 15) is 0 Å². The number of aryl methyl sites for hydroxylation is 1. The van der Waals surface area contributed by atoms with Crippen molar-refractivity contribution >= 4 is 12.4 Å². The molecule has 0 radical (unpaired) electrons. The van der Waals surface area contributed by atoms with Crippen LogP contribution in [0.1, 0.15) is 19.4 Å². The number of rotatable bonds is 6. The lowest BCUT2D eigenvalue weighted by atomic mass is 10.1. The maximum absolute atomic E-state index is 5.74. The van der Waals surface area contributed by atoms with Crippen molar-refractivity contribution in [1.82, 2.24) is 5.32 Å². The minimum atomic E-state index is 0. The van der Waals surface area contributed by atoms with Crippen LogP contribution in [0.15, 0.2) is 12.1 Å². The lowest BCUT2D eigenvalue weighted by Crippen LogP contribution is -2.21. The molecule has 0 atom stereocenters. The van der Waals surface area contributed by atoms with Gasteiger partial charge in [-0.1, -0.05) is 19.9 Å². The molecule has 5 heteroatoms. The largest absolute Gasteiger partial charge is 0.488 e. The average Bonchev–Trinajstić information content (AvgIpc) is 2.43. The number of hydrogen-bond acceptors (Lipinski definition) is 4. The molecule has 0 aliphatic carbocycles. The molecule has 1 aromatic rings. The third-order valence-corrected chi connectivity index (χ3v) is 2.90. The molecular formula is C14H22ClNO3. The molecule has 0 aromatic heterocycles. The summed E-state index contributed by atoms with van der Waals surface area (Å²) in [5.41, 5.74) is 1.17. The molecule has 0 saturated carbocycles. The highest BCUT2D eigenvalue weighted by Gasteiger charge is 2.20. The van der Waals surface area contributed by atoms with Crippen molar-refractivity contribution in [3.05, 3.63) is 17.7 Å². The van der Waals surface area contributed by atoms with Gasteiger partial charge in [0, 0.05) is 6.54 Å². The Bertz CT molecular complexity index is 399. The van der Waals surface area contributed by atoms with Crippen LogP contribution in [0.3, 0.4) is 0 Å². The lowest BCUT2D eigenvalue weighted by molar-refractivity contribution is 0.160. The van der Waals surface area contributed by atoms with Crippen LogP contribution in [0.25, 0.3) is 0 Å². The molecule has 1 aliphatic heterocycles. The second-order valence-corrected chi connectivity index (χ2v) is 4.13. The smallest absolute Gasteiger partial charge is 0.203 e. The fourth-order valence-electron chi connectivity index (χ4n) is 1.97. The summed E-state index contributed by atoms with van der Waals surface area (Å²) in [6.45, 7) is 7.81. The Morgan fingerprint density at radius 3 is 2.58 bits per heavy atom. The Kier molecular flexibility index (Phi) is 6.81. The van der Waals surface area contributed by atoms with Crippen molar-refractivity contribution in [3.8, 4) is 17.2 Å². The number of nitrogens with one attached hydrogen (secondary N) is 1. The first-order valence-electron chi connectivity index (χ1n) is 6.61. The van der Waals surface area contributed by atoms with E-state index in [2.05, 4.69) is 25.2 Å². The van der Waals surface area contributed by atoms with Crippen LogP contribution in [0, 0.1) is 0 Å². The number of hydrogen-bond donors (Lipinski definition) is 1. The molecule has 4 nitrogen and oxygen atoms in total. The second-order valence-electron chi connectivity index (χ2n) is 4.13. The predicted molar refractivity (Wildman–Crippen MR) is 78.1 cm³/mol. The second kappa shape index (κ2) is 8.12. The van der Waals surface area contributed by atoms with Gasteiger partial charge in [-0.3, -0.25) is 0 Å². The molecular weight excluding hydrogens is 266 g/mol. The highest BCUT2D eigenvalue weighted by Crippen LogP contribution is 2.42. The quantitative estimate of drug-likeness (QED) is 0.816. The zero-order valence-electron chi connectivity index (χ0n) is 11.5.